The molecule has 1 heteroatoms. The van der Waals surface area contributed by atoms with Crippen LogP contribution in [0.4, 0.5) is 5.69 Å². The van der Waals surface area contributed by atoms with E-state index in [1.807, 2.05) is 12.1 Å². The van der Waals surface area contributed by atoms with Crippen molar-refractivity contribution >= 4 is 11.6 Å². The number of hydrogen-bond donors (Lipinski definition) is 0. The molecule has 0 radical (unpaired) electrons. The molecule has 0 aliphatic rings. The van der Waals surface area contributed by atoms with Gasteiger partial charge in [-0.15, -0.1) is 0 Å². The van der Waals surface area contributed by atoms with Crippen molar-refractivity contribution in [3.8, 4) is 0 Å². The van der Waals surface area contributed by atoms with Gasteiger partial charge in [0.25, 0.3) is 0 Å². The minimum Gasteiger partial charge on any atom is -0.206 e. The number of nitrogens with zero attached hydrogens (tertiary/aromatic N) is 1. The van der Waals surface area contributed by atoms with E-state index in [-0.39, 0.29) is 5.41 Å². The summed E-state index contributed by atoms with van der Waals surface area (Å²) < 4.78 is 0. The molecule has 2 aromatic rings. The lowest BCUT2D eigenvalue weighted by atomic mass is 9.80. The zero-order chi connectivity index (χ0) is 15.3. The number of rotatable bonds is 4. The van der Waals surface area contributed by atoms with Crippen LogP contribution >= 0.6 is 0 Å². The number of aryl methyl sites for hydroxylation is 1. The summed E-state index contributed by atoms with van der Waals surface area (Å²) in [6.07, 6.45) is 0.996. The topological polar surface area (TPSA) is 12.4 Å². The van der Waals surface area contributed by atoms with E-state index in [1.165, 1.54) is 16.7 Å². The van der Waals surface area contributed by atoms with Crippen molar-refractivity contribution in [2.45, 2.75) is 34.1 Å². The van der Waals surface area contributed by atoms with Gasteiger partial charge in [-0.1, -0.05) is 61.9 Å². The largest absolute Gasteiger partial charge is 0.206 e. The Labute approximate surface area is 128 Å². The first kappa shape index (κ1) is 15.3. The van der Waals surface area contributed by atoms with Crippen LogP contribution in [0.3, 0.4) is 0 Å². The maximum atomic E-state index is 4.47. The van der Waals surface area contributed by atoms with Crippen LogP contribution < -0.4 is 0 Å². The zero-order valence-corrected chi connectivity index (χ0v) is 13.4. The molecule has 0 fully saturated rings. The molecule has 0 aliphatic carbocycles. The molecule has 0 heterocycles. The van der Waals surface area contributed by atoms with Crippen LogP contribution in [-0.2, 0) is 6.42 Å². The molecule has 0 aliphatic heterocycles. The van der Waals surface area contributed by atoms with Gasteiger partial charge in [0, 0.05) is 0 Å². The molecule has 0 unspecified atom stereocenters. The Morgan fingerprint density at radius 2 is 1.62 bits per heavy atom. The Kier molecular flexibility index (Phi) is 4.77. The summed E-state index contributed by atoms with van der Waals surface area (Å²) in [5.74, 6) is 3.22. The second-order valence-corrected chi connectivity index (χ2v) is 6.23. The molecule has 0 bridgehead atoms. The lowest BCUT2D eigenvalue weighted by Crippen LogP contribution is -2.17. The van der Waals surface area contributed by atoms with E-state index in [1.54, 1.807) is 0 Å². The van der Waals surface area contributed by atoms with E-state index >= 15 is 0 Å². The van der Waals surface area contributed by atoms with Gasteiger partial charge < -0.3 is 0 Å². The number of benzene rings is 2. The Balaban J connectivity index is 2.18. The molecule has 0 aromatic heterocycles. The molecule has 0 saturated carbocycles. The maximum Gasteiger partial charge on any atom is 0.0729 e. The van der Waals surface area contributed by atoms with Crippen LogP contribution in [-0.4, -0.2) is 5.87 Å². The predicted molar refractivity (Wildman–Crippen MR) is 91.4 cm³/mol. The van der Waals surface area contributed by atoms with Gasteiger partial charge in [0.15, 0.2) is 0 Å². The highest BCUT2D eigenvalue weighted by Crippen LogP contribution is 2.29. The highest BCUT2D eigenvalue weighted by atomic mass is 14.7. The van der Waals surface area contributed by atoms with E-state index in [0.717, 1.165) is 12.1 Å². The molecule has 0 amide bonds. The first-order chi connectivity index (χ1) is 9.97. The van der Waals surface area contributed by atoms with Crippen molar-refractivity contribution in [2.24, 2.45) is 10.4 Å². The predicted octanol–water partition coefficient (Wildman–Crippen LogP) is 5.51. The minimum atomic E-state index is 0.0511. The van der Waals surface area contributed by atoms with Crippen molar-refractivity contribution in [3.63, 3.8) is 0 Å². The fourth-order valence-electron chi connectivity index (χ4n) is 2.16. The molecule has 0 spiro atoms. The van der Waals surface area contributed by atoms with E-state index in [2.05, 4.69) is 81.0 Å². The van der Waals surface area contributed by atoms with Crippen molar-refractivity contribution in [2.75, 3.05) is 0 Å². The second-order valence-electron chi connectivity index (χ2n) is 6.23. The highest BCUT2D eigenvalue weighted by molar-refractivity contribution is 5.64. The number of aliphatic imine (C=N–C) groups is 1. The van der Waals surface area contributed by atoms with E-state index in [9.17, 15) is 0 Å². The van der Waals surface area contributed by atoms with Gasteiger partial charge in [-0.3, -0.25) is 0 Å². The molecule has 108 valence electrons. The van der Waals surface area contributed by atoms with Crippen molar-refractivity contribution in [1.82, 2.24) is 0 Å². The quantitative estimate of drug-likeness (QED) is 0.653. The SMILES string of the molecule is CC(=C=Nc1ccc(C)cc1)C(C)(C)Cc1ccccc1. The first-order valence-corrected chi connectivity index (χ1v) is 7.39. The van der Waals surface area contributed by atoms with Crippen molar-refractivity contribution in [3.05, 3.63) is 71.3 Å². The van der Waals surface area contributed by atoms with E-state index in [4.69, 9.17) is 0 Å². The monoisotopic (exact) mass is 277 g/mol. The van der Waals surface area contributed by atoms with Crippen LogP contribution in [0, 0.1) is 12.3 Å². The summed E-state index contributed by atoms with van der Waals surface area (Å²) in [4.78, 5) is 4.47. The van der Waals surface area contributed by atoms with Crippen LogP contribution in [0.5, 0.6) is 0 Å². The smallest absolute Gasteiger partial charge is 0.0729 e. The second kappa shape index (κ2) is 6.56. The van der Waals surface area contributed by atoms with Gasteiger partial charge in [-0.05, 0) is 54.8 Å². The fourth-order valence-corrected chi connectivity index (χ4v) is 2.16. The summed E-state index contributed by atoms with van der Waals surface area (Å²) in [6.45, 7) is 8.68. The summed E-state index contributed by atoms with van der Waals surface area (Å²) in [5.41, 5.74) is 4.77. The normalized spacial score (nSPS) is 10.9. The van der Waals surface area contributed by atoms with Gasteiger partial charge in [-0.25, -0.2) is 4.99 Å². The average molecular weight is 277 g/mol. The molecular formula is C20H23N. The molecule has 21 heavy (non-hydrogen) atoms. The fraction of sp³-hybridized carbons (Fsp3) is 0.300. The minimum absolute atomic E-state index is 0.0511. The van der Waals surface area contributed by atoms with E-state index in [0.29, 0.717) is 0 Å². The third-order valence-electron chi connectivity index (χ3n) is 3.89. The molecule has 0 saturated heterocycles. The summed E-state index contributed by atoms with van der Waals surface area (Å²) >= 11 is 0. The summed E-state index contributed by atoms with van der Waals surface area (Å²) in [6, 6.07) is 18.8. The van der Waals surface area contributed by atoms with Gasteiger partial charge in [0.05, 0.1) is 5.69 Å². The standard InChI is InChI=1S/C20H23N/c1-16-10-12-19(13-11-16)21-15-17(2)20(3,4)14-18-8-6-5-7-9-18/h5-13H,14H2,1-4H3. The molecule has 2 rings (SSSR count). The summed E-state index contributed by atoms with van der Waals surface area (Å²) in [5, 5.41) is 0. The third-order valence-corrected chi connectivity index (χ3v) is 3.89. The molecular weight excluding hydrogens is 254 g/mol. The lowest BCUT2D eigenvalue weighted by molar-refractivity contribution is 0.449. The first-order valence-electron chi connectivity index (χ1n) is 7.39. The Hall–Kier alpha value is -2.11. The van der Waals surface area contributed by atoms with Crippen LogP contribution in [0.15, 0.2) is 65.2 Å². The average Bonchev–Trinajstić information content (AvgIpc) is 2.47. The van der Waals surface area contributed by atoms with Gasteiger partial charge >= 0.3 is 0 Å². The maximum absolute atomic E-state index is 4.47. The molecule has 1 nitrogen and oxygen atoms in total. The molecule has 0 atom stereocenters. The Bertz CT molecular complexity index is 642. The Morgan fingerprint density at radius 1 is 1.00 bits per heavy atom. The van der Waals surface area contributed by atoms with Crippen LogP contribution in [0.25, 0.3) is 0 Å². The molecule has 0 N–H and O–H groups in total. The van der Waals surface area contributed by atoms with Crippen LogP contribution in [0.2, 0.25) is 0 Å². The lowest BCUT2D eigenvalue weighted by Gasteiger charge is -2.24. The van der Waals surface area contributed by atoms with Gasteiger partial charge in [0.2, 0.25) is 0 Å². The van der Waals surface area contributed by atoms with Crippen molar-refractivity contribution in [1.29, 1.82) is 0 Å². The van der Waals surface area contributed by atoms with E-state index < -0.39 is 0 Å². The summed E-state index contributed by atoms with van der Waals surface area (Å²) in [7, 11) is 0. The highest BCUT2D eigenvalue weighted by Gasteiger charge is 2.20. The molecule has 2 aromatic carbocycles. The van der Waals surface area contributed by atoms with Crippen LogP contribution in [0.1, 0.15) is 31.9 Å². The van der Waals surface area contributed by atoms with Gasteiger partial charge in [0.1, 0.15) is 0 Å². The zero-order valence-electron chi connectivity index (χ0n) is 13.4. The Morgan fingerprint density at radius 3 is 2.24 bits per heavy atom. The third kappa shape index (κ3) is 4.44. The van der Waals surface area contributed by atoms with Gasteiger partial charge in [-0.2, -0.15) is 0 Å². The number of hydrogen-bond acceptors (Lipinski definition) is 1. The number of allylic oxidation sites excluding steroid dienone is 1. The van der Waals surface area contributed by atoms with Crippen molar-refractivity contribution < 1.29 is 0 Å².